The number of hydrogen-bond donors (Lipinski definition) is 1. The number of thiophene rings is 1. The topological polar surface area (TPSA) is 38.9 Å². The van der Waals surface area contributed by atoms with Gasteiger partial charge in [-0.05, 0) is 22.0 Å². The van der Waals surface area contributed by atoms with Crippen LogP contribution in [0.25, 0.3) is 0 Å². The predicted molar refractivity (Wildman–Crippen MR) is 61.4 cm³/mol. The lowest BCUT2D eigenvalue weighted by atomic mass is 10.3. The Balaban J connectivity index is 2.14. The fraction of sp³-hybridized carbons (Fsp3) is 0.125. The summed E-state index contributed by atoms with van der Waals surface area (Å²) in [5, 5.41) is 2.73. The highest BCUT2D eigenvalue weighted by Crippen LogP contribution is 2.25. The summed E-state index contributed by atoms with van der Waals surface area (Å²) in [5.74, 6) is 0. The van der Waals surface area contributed by atoms with E-state index in [4.69, 9.17) is 5.73 Å². The van der Waals surface area contributed by atoms with Gasteiger partial charge in [-0.1, -0.05) is 0 Å². The summed E-state index contributed by atoms with van der Waals surface area (Å²) in [7, 11) is 0. The van der Waals surface area contributed by atoms with Gasteiger partial charge in [0.15, 0.2) is 5.13 Å². The highest BCUT2D eigenvalue weighted by Gasteiger charge is 2.02. The summed E-state index contributed by atoms with van der Waals surface area (Å²) in [4.78, 5) is 6.55. The van der Waals surface area contributed by atoms with Crippen LogP contribution in [0, 0.1) is 0 Å². The Morgan fingerprint density at radius 1 is 1.46 bits per heavy atom. The molecule has 2 N–H and O–H groups in total. The number of anilines is 1. The molecule has 2 aromatic rings. The maximum absolute atomic E-state index is 5.54. The zero-order valence-electron chi connectivity index (χ0n) is 6.66. The Kier molecular flexibility index (Phi) is 2.66. The van der Waals surface area contributed by atoms with E-state index in [1.165, 1.54) is 9.75 Å². The smallest absolute Gasteiger partial charge is 0.180 e. The second kappa shape index (κ2) is 3.77. The van der Waals surface area contributed by atoms with E-state index >= 15 is 0 Å². The molecule has 0 radical (unpaired) electrons. The second-order valence-corrected chi connectivity index (χ2v) is 5.63. The number of aromatic nitrogens is 1. The van der Waals surface area contributed by atoms with Crippen molar-refractivity contribution in [3.8, 4) is 0 Å². The average molecular weight is 275 g/mol. The molecular formula is C8H7BrN2S2. The monoisotopic (exact) mass is 274 g/mol. The molecule has 0 atom stereocenters. The average Bonchev–Trinajstić information content (AvgIpc) is 2.62. The third-order valence-corrected chi connectivity index (χ3v) is 4.07. The normalized spacial score (nSPS) is 10.5. The molecule has 0 aromatic carbocycles. The number of halogens is 1. The van der Waals surface area contributed by atoms with Crippen molar-refractivity contribution in [2.75, 3.05) is 5.73 Å². The Morgan fingerprint density at radius 3 is 2.85 bits per heavy atom. The number of hydrogen-bond acceptors (Lipinski definition) is 4. The molecule has 0 aliphatic carbocycles. The van der Waals surface area contributed by atoms with E-state index in [0.29, 0.717) is 5.13 Å². The van der Waals surface area contributed by atoms with Crippen molar-refractivity contribution in [3.63, 3.8) is 0 Å². The second-order valence-electron chi connectivity index (χ2n) is 2.57. The van der Waals surface area contributed by atoms with Crippen LogP contribution in [0.4, 0.5) is 5.13 Å². The molecule has 13 heavy (non-hydrogen) atoms. The Morgan fingerprint density at radius 2 is 2.31 bits per heavy atom. The maximum atomic E-state index is 5.54. The summed E-state index contributed by atoms with van der Waals surface area (Å²) in [6.45, 7) is 0. The standard InChI is InChI=1S/C8H7BrN2S2/c9-5-1-6(12-4-5)2-7-3-11-8(10)13-7/h1,3-4H,2H2,(H2,10,11). The molecule has 5 heteroatoms. The first-order valence-corrected chi connectivity index (χ1v) is 6.16. The molecule has 0 bridgehead atoms. The van der Waals surface area contributed by atoms with Gasteiger partial charge >= 0.3 is 0 Å². The van der Waals surface area contributed by atoms with E-state index in [1.54, 1.807) is 22.7 Å². The zero-order chi connectivity index (χ0) is 9.26. The molecule has 2 heterocycles. The Labute approximate surface area is 92.6 Å². The Bertz CT molecular complexity index is 369. The first-order chi connectivity index (χ1) is 6.24. The minimum atomic E-state index is 0.644. The van der Waals surface area contributed by atoms with E-state index in [2.05, 4.69) is 32.4 Å². The van der Waals surface area contributed by atoms with Crippen molar-refractivity contribution in [2.45, 2.75) is 6.42 Å². The quantitative estimate of drug-likeness (QED) is 0.914. The number of nitrogens with zero attached hydrogens (tertiary/aromatic N) is 1. The van der Waals surface area contributed by atoms with E-state index in [1.807, 2.05) is 6.20 Å². The van der Waals surface area contributed by atoms with Crippen LogP contribution in [0.3, 0.4) is 0 Å². The molecule has 0 fully saturated rings. The van der Waals surface area contributed by atoms with Crippen LogP contribution in [0.5, 0.6) is 0 Å². The molecule has 0 unspecified atom stereocenters. The lowest BCUT2D eigenvalue weighted by Crippen LogP contribution is -1.77. The number of nitrogen functional groups attached to an aromatic ring is 1. The van der Waals surface area contributed by atoms with Crippen molar-refractivity contribution in [1.82, 2.24) is 4.98 Å². The third-order valence-electron chi connectivity index (χ3n) is 1.54. The van der Waals surface area contributed by atoms with Gasteiger partial charge in [0.1, 0.15) is 0 Å². The lowest BCUT2D eigenvalue weighted by molar-refractivity contribution is 1.26. The number of rotatable bonds is 2. The molecule has 0 aliphatic heterocycles. The molecule has 2 aromatic heterocycles. The van der Waals surface area contributed by atoms with Crippen molar-refractivity contribution in [1.29, 1.82) is 0 Å². The van der Waals surface area contributed by atoms with Crippen molar-refractivity contribution in [3.05, 3.63) is 31.9 Å². The number of nitrogens with two attached hydrogens (primary N) is 1. The molecule has 0 saturated heterocycles. The molecule has 0 aliphatic rings. The van der Waals surface area contributed by atoms with Crippen molar-refractivity contribution in [2.24, 2.45) is 0 Å². The molecular weight excluding hydrogens is 268 g/mol. The summed E-state index contributed by atoms with van der Waals surface area (Å²) >= 11 is 6.72. The maximum Gasteiger partial charge on any atom is 0.180 e. The minimum Gasteiger partial charge on any atom is -0.375 e. The van der Waals surface area contributed by atoms with E-state index in [-0.39, 0.29) is 0 Å². The highest BCUT2D eigenvalue weighted by molar-refractivity contribution is 9.10. The molecule has 0 amide bonds. The van der Waals surface area contributed by atoms with Crippen LogP contribution < -0.4 is 5.73 Å². The van der Waals surface area contributed by atoms with Gasteiger partial charge in [0.05, 0.1) is 0 Å². The first-order valence-electron chi connectivity index (χ1n) is 3.67. The van der Waals surface area contributed by atoms with Gasteiger partial charge in [-0.15, -0.1) is 22.7 Å². The lowest BCUT2D eigenvalue weighted by Gasteiger charge is -1.89. The van der Waals surface area contributed by atoms with Crippen LogP contribution in [-0.4, -0.2) is 4.98 Å². The van der Waals surface area contributed by atoms with Gasteiger partial charge in [-0.3, -0.25) is 0 Å². The van der Waals surface area contributed by atoms with Crippen LogP contribution in [0.2, 0.25) is 0 Å². The zero-order valence-corrected chi connectivity index (χ0v) is 9.88. The third kappa shape index (κ3) is 2.30. The van der Waals surface area contributed by atoms with Gasteiger partial charge in [-0.2, -0.15) is 0 Å². The molecule has 2 nitrogen and oxygen atoms in total. The predicted octanol–water partition coefficient (Wildman–Crippen LogP) is 3.14. The largest absolute Gasteiger partial charge is 0.375 e. The summed E-state index contributed by atoms with van der Waals surface area (Å²) in [6, 6.07) is 2.13. The molecule has 0 spiro atoms. The SMILES string of the molecule is Nc1ncc(Cc2cc(Br)cs2)s1. The molecule has 68 valence electrons. The van der Waals surface area contributed by atoms with Gasteiger partial charge in [0, 0.05) is 32.2 Å². The van der Waals surface area contributed by atoms with Crippen LogP contribution in [0.1, 0.15) is 9.75 Å². The van der Waals surface area contributed by atoms with Crippen molar-refractivity contribution < 1.29 is 0 Å². The van der Waals surface area contributed by atoms with Crippen LogP contribution >= 0.6 is 38.6 Å². The van der Waals surface area contributed by atoms with Crippen molar-refractivity contribution >= 4 is 43.7 Å². The van der Waals surface area contributed by atoms with E-state index in [0.717, 1.165) is 10.9 Å². The summed E-state index contributed by atoms with van der Waals surface area (Å²) in [6.07, 6.45) is 2.78. The van der Waals surface area contributed by atoms with E-state index in [9.17, 15) is 0 Å². The van der Waals surface area contributed by atoms with Gasteiger partial charge < -0.3 is 5.73 Å². The van der Waals surface area contributed by atoms with Crippen LogP contribution in [-0.2, 0) is 6.42 Å². The molecule has 0 saturated carbocycles. The summed E-state index contributed by atoms with van der Waals surface area (Å²) in [5.41, 5.74) is 5.54. The highest BCUT2D eigenvalue weighted by atomic mass is 79.9. The minimum absolute atomic E-state index is 0.644. The van der Waals surface area contributed by atoms with Gasteiger partial charge in [-0.25, -0.2) is 4.98 Å². The fourth-order valence-electron chi connectivity index (χ4n) is 1.02. The summed E-state index contributed by atoms with van der Waals surface area (Å²) < 4.78 is 1.14. The molecule has 2 rings (SSSR count). The fourth-order valence-corrected chi connectivity index (χ4v) is 3.30. The van der Waals surface area contributed by atoms with Gasteiger partial charge in [0.2, 0.25) is 0 Å². The first kappa shape index (κ1) is 9.18. The Hall–Kier alpha value is -0.390. The van der Waals surface area contributed by atoms with E-state index < -0.39 is 0 Å². The number of thiazole rings is 1. The van der Waals surface area contributed by atoms with Crippen LogP contribution in [0.15, 0.2) is 22.1 Å². The van der Waals surface area contributed by atoms with Gasteiger partial charge in [0.25, 0.3) is 0 Å².